The van der Waals surface area contributed by atoms with Crippen molar-refractivity contribution >= 4 is 0 Å². The van der Waals surface area contributed by atoms with Crippen LogP contribution < -0.4 is 5.73 Å². The van der Waals surface area contributed by atoms with Gasteiger partial charge in [0, 0.05) is 6.54 Å². The van der Waals surface area contributed by atoms with Crippen molar-refractivity contribution < 1.29 is 0 Å². The van der Waals surface area contributed by atoms with Gasteiger partial charge in [-0.1, -0.05) is 6.42 Å². The molecule has 2 heteroatoms. The summed E-state index contributed by atoms with van der Waals surface area (Å²) in [6.07, 6.45) is 6.74. The summed E-state index contributed by atoms with van der Waals surface area (Å²) in [5.41, 5.74) is 5.42. The van der Waals surface area contributed by atoms with Crippen LogP contribution in [0.3, 0.4) is 0 Å². The summed E-state index contributed by atoms with van der Waals surface area (Å²) in [6, 6.07) is 0. The molecule has 0 aromatic carbocycles. The normalized spacial score (nSPS) is 17.2. The first-order chi connectivity index (χ1) is 5.83. The van der Waals surface area contributed by atoms with Crippen LogP contribution in [0.15, 0.2) is 0 Å². The van der Waals surface area contributed by atoms with E-state index in [0.29, 0.717) is 0 Å². The molecule has 0 aromatic heterocycles. The third kappa shape index (κ3) is 4.73. The average Bonchev–Trinajstić information content (AvgIpc) is 2.82. The van der Waals surface area contributed by atoms with Crippen LogP contribution >= 0.6 is 0 Å². The van der Waals surface area contributed by atoms with Crippen molar-refractivity contribution in [2.45, 2.75) is 32.1 Å². The molecule has 12 heavy (non-hydrogen) atoms. The van der Waals surface area contributed by atoms with E-state index in [2.05, 4.69) is 11.9 Å². The van der Waals surface area contributed by atoms with E-state index in [1.165, 1.54) is 45.2 Å². The summed E-state index contributed by atoms with van der Waals surface area (Å²) in [4.78, 5) is 2.47. The SMILES string of the molecule is CN(CCCCCN)CC1CC1. The van der Waals surface area contributed by atoms with E-state index in [1.807, 2.05) is 0 Å². The van der Waals surface area contributed by atoms with Crippen molar-refractivity contribution in [2.24, 2.45) is 11.7 Å². The highest BCUT2D eigenvalue weighted by atomic mass is 15.1. The number of rotatable bonds is 7. The molecule has 0 bridgehead atoms. The van der Waals surface area contributed by atoms with E-state index in [4.69, 9.17) is 5.73 Å². The number of nitrogens with zero attached hydrogens (tertiary/aromatic N) is 1. The molecule has 0 spiro atoms. The molecule has 1 aliphatic rings. The molecule has 1 aliphatic carbocycles. The summed E-state index contributed by atoms with van der Waals surface area (Å²) >= 11 is 0. The molecule has 2 N–H and O–H groups in total. The van der Waals surface area contributed by atoms with Gasteiger partial charge in [0.1, 0.15) is 0 Å². The maximum atomic E-state index is 5.42. The third-order valence-corrected chi connectivity index (χ3v) is 2.51. The van der Waals surface area contributed by atoms with E-state index in [1.54, 1.807) is 0 Å². The Morgan fingerprint density at radius 2 is 2.00 bits per heavy atom. The summed E-state index contributed by atoms with van der Waals surface area (Å²) < 4.78 is 0. The van der Waals surface area contributed by atoms with Crippen LogP contribution in [0.1, 0.15) is 32.1 Å². The lowest BCUT2D eigenvalue weighted by atomic mass is 10.2. The second kappa shape index (κ2) is 5.55. The average molecular weight is 170 g/mol. The Labute approximate surface area is 76.1 Å². The van der Waals surface area contributed by atoms with Gasteiger partial charge in [0.05, 0.1) is 0 Å². The number of hydrogen-bond acceptors (Lipinski definition) is 2. The Bertz CT molecular complexity index is 110. The van der Waals surface area contributed by atoms with E-state index >= 15 is 0 Å². The molecule has 0 atom stereocenters. The molecular formula is C10H22N2. The van der Waals surface area contributed by atoms with Crippen molar-refractivity contribution in [2.75, 3.05) is 26.7 Å². The molecule has 0 saturated heterocycles. The van der Waals surface area contributed by atoms with Gasteiger partial charge in [0.15, 0.2) is 0 Å². The van der Waals surface area contributed by atoms with Crippen molar-refractivity contribution in [3.63, 3.8) is 0 Å². The molecule has 2 nitrogen and oxygen atoms in total. The summed E-state index contributed by atoms with van der Waals surface area (Å²) in [5.74, 6) is 1.03. The Morgan fingerprint density at radius 1 is 1.25 bits per heavy atom. The van der Waals surface area contributed by atoms with Crippen LogP contribution in [0.5, 0.6) is 0 Å². The lowest BCUT2D eigenvalue weighted by Crippen LogP contribution is -2.22. The predicted octanol–water partition coefficient (Wildman–Crippen LogP) is 1.46. The predicted molar refractivity (Wildman–Crippen MR) is 53.1 cm³/mol. The fourth-order valence-corrected chi connectivity index (χ4v) is 1.54. The molecule has 0 unspecified atom stereocenters. The highest BCUT2D eigenvalue weighted by molar-refractivity contribution is 4.75. The first kappa shape index (κ1) is 10.0. The molecule has 72 valence electrons. The minimum atomic E-state index is 0.854. The fourth-order valence-electron chi connectivity index (χ4n) is 1.54. The molecule has 0 radical (unpaired) electrons. The highest BCUT2D eigenvalue weighted by Crippen LogP contribution is 2.29. The smallest absolute Gasteiger partial charge is 0.000661 e. The zero-order valence-electron chi connectivity index (χ0n) is 8.26. The minimum Gasteiger partial charge on any atom is -0.330 e. The van der Waals surface area contributed by atoms with Crippen LogP contribution in [-0.2, 0) is 0 Å². The summed E-state index contributed by atoms with van der Waals surface area (Å²) in [6.45, 7) is 3.44. The standard InChI is InChI=1S/C10H22N2/c1-12(9-10-5-6-10)8-4-2-3-7-11/h10H,2-9,11H2,1H3. The van der Waals surface area contributed by atoms with Gasteiger partial charge in [0.2, 0.25) is 0 Å². The van der Waals surface area contributed by atoms with Crippen molar-refractivity contribution in [3.8, 4) is 0 Å². The molecule has 0 aliphatic heterocycles. The zero-order chi connectivity index (χ0) is 8.81. The monoisotopic (exact) mass is 170 g/mol. The van der Waals surface area contributed by atoms with E-state index < -0.39 is 0 Å². The topological polar surface area (TPSA) is 29.3 Å². The number of hydrogen-bond donors (Lipinski definition) is 1. The van der Waals surface area contributed by atoms with Crippen molar-refractivity contribution in [1.29, 1.82) is 0 Å². The van der Waals surface area contributed by atoms with Gasteiger partial charge in [-0.15, -0.1) is 0 Å². The van der Waals surface area contributed by atoms with Gasteiger partial charge >= 0.3 is 0 Å². The van der Waals surface area contributed by atoms with Crippen LogP contribution in [0.2, 0.25) is 0 Å². The summed E-state index contributed by atoms with van der Waals surface area (Å²) in [5, 5.41) is 0. The number of unbranched alkanes of at least 4 members (excludes halogenated alkanes) is 2. The van der Waals surface area contributed by atoms with Gasteiger partial charge in [-0.2, -0.15) is 0 Å². The Balaban J connectivity index is 1.83. The van der Waals surface area contributed by atoms with Crippen LogP contribution in [0.4, 0.5) is 0 Å². The summed E-state index contributed by atoms with van der Waals surface area (Å²) in [7, 11) is 2.24. The van der Waals surface area contributed by atoms with E-state index in [-0.39, 0.29) is 0 Å². The highest BCUT2D eigenvalue weighted by Gasteiger charge is 2.22. The lowest BCUT2D eigenvalue weighted by molar-refractivity contribution is 0.312. The van der Waals surface area contributed by atoms with Crippen molar-refractivity contribution in [3.05, 3.63) is 0 Å². The molecular weight excluding hydrogens is 148 g/mol. The Morgan fingerprint density at radius 3 is 2.58 bits per heavy atom. The van der Waals surface area contributed by atoms with Crippen LogP contribution in [0, 0.1) is 5.92 Å². The molecule has 0 heterocycles. The number of nitrogens with two attached hydrogens (primary N) is 1. The lowest BCUT2D eigenvalue weighted by Gasteiger charge is -2.15. The molecule has 1 rings (SSSR count). The molecule has 1 fully saturated rings. The fraction of sp³-hybridized carbons (Fsp3) is 1.00. The Hall–Kier alpha value is -0.0800. The zero-order valence-corrected chi connectivity index (χ0v) is 8.26. The second-order valence-corrected chi connectivity index (χ2v) is 4.05. The Kier molecular flexibility index (Phi) is 4.62. The van der Waals surface area contributed by atoms with Gasteiger partial charge in [0.25, 0.3) is 0 Å². The van der Waals surface area contributed by atoms with Gasteiger partial charge < -0.3 is 10.6 Å². The quantitative estimate of drug-likeness (QED) is 0.586. The first-order valence-electron chi connectivity index (χ1n) is 5.21. The first-order valence-corrected chi connectivity index (χ1v) is 5.21. The largest absolute Gasteiger partial charge is 0.330 e. The van der Waals surface area contributed by atoms with E-state index in [0.717, 1.165) is 12.5 Å². The van der Waals surface area contributed by atoms with Crippen LogP contribution in [0.25, 0.3) is 0 Å². The molecule has 1 saturated carbocycles. The molecule has 0 aromatic rings. The van der Waals surface area contributed by atoms with E-state index in [9.17, 15) is 0 Å². The minimum absolute atomic E-state index is 0.854. The van der Waals surface area contributed by atoms with Gasteiger partial charge in [-0.05, 0) is 51.7 Å². The second-order valence-electron chi connectivity index (χ2n) is 4.05. The third-order valence-electron chi connectivity index (χ3n) is 2.51. The maximum absolute atomic E-state index is 5.42. The van der Waals surface area contributed by atoms with Crippen LogP contribution in [-0.4, -0.2) is 31.6 Å². The van der Waals surface area contributed by atoms with Gasteiger partial charge in [-0.3, -0.25) is 0 Å². The maximum Gasteiger partial charge on any atom is 0.000661 e. The molecule has 0 amide bonds. The van der Waals surface area contributed by atoms with Gasteiger partial charge in [-0.25, -0.2) is 0 Å². The van der Waals surface area contributed by atoms with Crippen molar-refractivity contribution in [1.82, 2.24) is 4.90 Å².